The quantitative estimate of drug-likeness (QED) is 0.237. The van der Waals surface area contributed by atoms with Gasteiger partial charge in [-0.2, -0.15) is 0 Å². The van der Waals surface area contributed by atoms with Crippen LogP contribution in [-0.4, -0.2) is 34.8 Å². The average molecular weight is 617 g/mol. The van der Waals surface area contributed by atoms with Crippen LogP contribution in [0.15, 0.2) is 54.7 Å². The molecule has 234 valence electrons. The average Bonchev–Trinajstić information content (AvgIpc) is 3.29. The Morgan fingerprint density at radius 1 is 1.14 bits per heavy atom. The van der Waals surface area contributed by atoms with E-state index in [-0.39, 0.29) is 5.41 Å². The monoisotopic (exact) mass is 616 g/mol. The zero-order valence-corrected chi connectivity index (χ0v) is 27.0. The SMILES string of the molecule is CCOc1ccc2c(c1)C1(CCC(Nc3cccc(Cl)c3)(C(=O)O)CC1)[C@@H](C[C@@H](C)COc1ccnc3c1[C@H](C)CCC3)C2. The molecule has 1 heterocycles. The predicted molar refractivity (Wildman–Crippen MR) is 175 cm³/mol. The fourth-order valence-electron chi connectivity index (χ4n) is 8.33. The highest BCUT2D eigenvalue weighted by molar-refractivity contribution is 6.30. The van der Waals surface area contributed by atoms with E-state index in [9.17, 15) is 9.90 Å². The van der Waals surface area contributed by atoms with Crippen molar-refractivity contribution in [1.82, 2.24) is 4.98 Å². The number of aromatic nitrogens is 1. The van der Waals surface area contributed by atoms with Crippen LogP contribution < -0.4 is 14.8 Å². The van der Waals surface area contributed by atoms with Crippen molar-refractivity contribution in [3.63, 3.8) is 0 Å². The molecule has 1 aromatic heterocycles. The zero-order chi connectivity index (χ0) is 30.9. The number of fused-ring (bicyclic) bond motifs is 3. The van der Waals surface area contributed by atoms with Crippen molar-refractivity contribution >= 4 is 23.3 Å². The van der Waals surface area contributed by atoms with Crippen molar-refractivity contribution in [1.29, 1.82) is 0 Å². The highest BCUT2D eigenvalue weighted by Crippen LogP contribution is 2.56. The van der Waals surface area contributed by atoms with E-state index < -0.39 is 11.5 Å². The molecule has 2 aromatic carbocycles. The summed E-state index contributed by atoms with van der Waals surface area (Å²) >= 11 is 6.24. The molecule has 1 saturated carbocycles. The molecule has 3 aliphatic rings. The maximum absolute atomic E-state index is 12.8. The molecule has 7 heteroatoms. The van der Waals surface area contributed by atoms with Gasteiger partial charge in [-0.05, 0) is 135 Å². The fourth-order valence-corrected chi connectivity index (χ4v) is 8.52. The van der Waals surface area contributed by atoms with E-state index in [4.69, 9.17) is 21.1 Å². The van der Waals surface area contributed by atoms with Crippen molar-refractivity contribution in [3.05, 3.63) is 82.1 Å². The Hall–Kier alpha value is -3.25. The Morgan fingerprint density at radius 3 is 2.70 bits per heavy atom. The van der Waals surface area contributed by atoms with Gasteiger partial charge in [-0.3, -0.25) is 4.98 Å². The van der Waals surface area contributed by atoms with Gasteiger partial charge in [0.15, 0.2) is 0 Å². The molecule has 44 heavy (non-hydrogen) atoms. The lowest BCUT2D eigenvalue weighted by molar-refractivity contribution is -0.144. The molecule has 6 rings (SSSR count). The lowest BCUT2D eigenvalue weighted by Crippen LogP contribution is -2.53. The number of hydrogen-bond acceptors (Lipinski definition) is 5. The second-order valence-corrected chi connectivity index (χ2v) is 13.9. The van der Waals surface area contributed by atoms with Crippen LogP contribution in [0, 0.1) is 11.8 Å². The summed E-state index contributed by atoms with van der Waals surface area (Å²) < 4.78 is 12.5. The van der Waals surface area contributed by atoms with Gasteiger partial charge in [-0.15, -0.1) is 0 Å². The van der Waals surface area contributed by atoms with E-state index in [0.29, 0.717) is 48.8 Å². The number of hydrogen-bond donors (Lipinski definition) is 2. The fraction of sp³-hybridized carbons (Fsp3) is 0.514. The number of carboxylic acids is 1. The minimum Gasteiger partial charge on any atom is -0.494 e. The van der Waals surface area contributed by atoms with E-state index >= 15 is 0 Å². The second kappa shape index (κ2) is 12.6. The molecule has 3 aromatic rings. The Bertz CT molecular complexity index is 1500. The van der Waals surface area contributed by atoms with Gasteiger partial charge in [0.2, 0.25) is 0 Å². The molecule has 1 fully saturated rings. The lowest BCUT2D eigenvalue weighted by Gasteiger charge is -2.47. The van der Waals surface area contributed by atoms with Gasteiger partial charge < -0.3 is 19.9 Å². The Morgan fingerprint density at radius 2 is 1.95 bits per heavy atom. The van der Waals surface area contributed by atoms with Gasteiger partial charge in [-0.1, -0.05) is 37.6 Å². The van der Waals surface area contributed by atoms with Gasteiger partial charge in [-0.25, -0.2) is 4.79 Å². The first-order valence-electron chi connectivity index (χ1n) is 16.4. The van der Waals surface area contributed by atoms with Crippen molar-refractivity contribution < 1.29 is 19.4 Å². The smallest absolute Gasteiger partial charge is 0.329 e. The first-order valence-corrected chi connectivity index (χ1v) is 16.7. The van der Waals surface area contributed by atoms with Crippen LogP contribution in [0.5, 0.6) is 11.5 Å². The summed E-state index contributed by atoms with van der Waals surface area (Å²) in [6, 6.07) is 16.0. The van der Waals surface area contributed by atoms with E-state index in [1.165, 1.54) is 35.2 Å². The first-order chi connectivity index (χ1) is 21.2. The largest absolute Gasteiger partial charge is 0.494 e. The van der Waals surface area contributed by atoms with Crippen molar-refractivity contribution in [3.8, 4) is 11.5 Å². The van der Waals surface area contributed by atoms with Crippen LogP contribution in [0.2, 0.25) is 5.02 Å². The second-order valence-electron chi connectivity index (χ2n) is 13.4. The third-order valence-corrected chi connectivity index (χ3v) is 10.8. The first kappa shape index (κ1) is 30.8. The molecule has 2 N–H and O–H groups in total. The molecule has 0 aliphatic heterocycles. The van der Waals surface area contributed by atoms with Gasteiger partial charge in [0, 0.05) is 28.2 Å². The third kappa shape index (κ3) is 5.90. The number of carboxylic acid groups (broad SMARTS) is 1. The molecule has 1 spiro atoms. The minimum absolute atomic E-state index is 0.101. The molecule has 0 unspecified atom stereocenters. The normalized spacial score (nSPS) is 26.5. The van der Waals surface area contributed by atoms with Crippen LogP contribution in [0.25, 0.3) is 0 Å². The summed E-state index contributed by atoms with van der Waals surface area (Å²) in [6.07, 6.45) is 9.97. The van der Waals surface area contributed by atoms with E-state index in [1.807, 2.05) is 31.3 Å². The summed E-state index contributed by atoms with van der Waals surface area (Å²) in [5.41, 5.74) is 4.82. The summed E-state index contributed by atoms with van der Waals surface area (Å²) in [6.45, 7) is 7.87. The lowest BCUT2D eigenvalue weighted by atomic mass is 9.59. The molecule has 6 nitrogen and oxygen atoms in total. The molecule has 0 radical (unpaired) electrons. The maximum Gasteiger partial charge on any atom is 0.329 e. The summed E-state index contributed by atoms with van der Waals surface area (Å²) in [7, 11) is 0. The minimum atomic E-state index is -1.04. The number of anilines is 1. The van der Waals surface area contributed by atoms with Gasteiger partial charge >= 0.3 is 5.97 Å². The van der Waals surface area contributed by atoms with Crippen molar-refractivity contribution in [2.24, 2.45) is 11.8 Å². The Labute approximate surface area is 266 Å². The molecule has 0 amide bonds. The highest BCUT2D eigenvalue weighted by Gasteiger charge is 2.54. The number of benzene rings is 2. The number of pyridine rings is 1. The molecular formula is C37H45ClN2O4. The zero-order valence-electron chi connectivity index (χ0n) is 26.2. The molecule has 0 saturated heterocycles. The van der Waals surface area contributed by atoms with Crippen LogP contribution in [-0.2, 0) is 23.1 Å². The van der Waals surface area contributed by atoms with Crippen LogP contribution in [0.1, 0.15) is 94.0 Å². The highest BCUT2D eigenvalue weighted by atomic mass is 35.5. The van der Waals surface area contributed by atoms with E-state index in [2.05, 4.69) is 42.3 Å². The van der Waals surface area contributed by atoms with Crippen LogP contribution >= 0.6 is 11.6 Å². The van der Waals surface area contributed by atoms with Crippen LogP contribution in [0.3, 0.4) is 0 Å². The van der Waals surface area contributed by atoms with E-state index in [1.54, 1.807) is 12.1 Å². The maximum atomic E-state index is 12.8. The molecular weight excluding hydrogens is 572 g/mol. The molecule has 0 bridgehead atoms. The Kier molecular flexibility index (Phi) is 8.83. The summed E-state index contributed by atoms with van der Waals surface area (Å²) in [5, 5.41) is 14.5. The van der Waals surface area contributed by atoms with Crippen LogP contribution in [0.4, 0.5) is 5.69 Å². The van der Waals surface area contributed by atoms with E-state index in [0.717, 1.165) is 49.3 Å². The number of halogens is 1. The van der Waals surface area contributed by atoms with Gasteiger partial charge in [0.1, 0.15) is 17.0 Å². The number of ether oxygens (including phenoxy) is 2. The molecule has 3 atom stereocenters. The van der Waals surface area contributed by atoms with Crippen molar-refractivity contribution in [2.75, 3.05) is 18.5 Å². The third-order valence-electron chi connectivity index (χ3n) is 10.6. The summed E-state index contributed by atoms with van der Waals surface area (Å²) in [4.78, 5) is 17.5. The number of rotatable bonds is 10. The van der Waals surface area contributed by atoms with Gasteiger partial charge in [0.05, 0.1) is 13.2 Å². The van der Waals surface area contributed by atoms with Crippen molar-refractivity contribution in [2.45, 2.75) is 95.4 Å². The Balaban J connectivity index is 1.23. The predicted octanol–water partition coefficient (Wildman–Crippen LogP) is 8.60. The standard InChI is InChI=1S/C37H45ClN2O4/c1-4-43-30-12-11-26-20-27(19-24(2)23-44-33-13-18-39-32-10-5-7-25(3)34(32)33)36(31(26)22-30)14-16-37(17-15-36,35(41)42)40-29-9-6-8-28(38)21-29/h6,8-9,11-13,18,21-22,24-25,27,40H,4-5,7,10,14-17,19-20,23H2,1-3H3,(H,41,42)/t24-,25-,27+,36?,37?/m1/s1. The number of carbonyl (C=O) groups is 1. The number of nitrogens with zero attached hydrogens (tertiary/aromatic N) is 1. The number of aryl methyl sites for hydroxylation is 1. The molecule has 3 aliphatic carbocycles. The number of aliphatic carboxylic acids is 1. The topological polar surface area (TPSA) is 80.7 Å². The number of nitrogens with one attached hydrogen (secondary N) is 1. The summed E-state index contributed by atoms with van der Waals surface area (Å²) in [5.74, 6) is 2.30. The van der Waals surface area contributed by atoms with Gasteiger partial charge in [0.25, 0.3) is 0 Å².